The molecule has 5 atom stereocenters. The fourth-order valence-electron chi connectivity index (χ4n) is 7.14. The minimum Gasteiger partial charge on any atom is -0.479 e. The molecule has 0 saturated carbocycles. The van der Waals surface area contributed by atoms with Gasteiger partial charge in [-0.1, -0.05) is 113 Å². The van der Waals surface area contributed by atoms with E-state index < -0.39 is 38.5 Å². The fourth-order valence-corrected chi connectivity index (χ4v) is 8.40. The number of anilines is 1. The number of rotatable bonds is 28. The first-order valence-electron chi connectivity index (χ1n) is 21.1. The zero-order chi connectivity index (χ0) is 41.2. The van der Waals surface area contributed by atoms with Gasteiger partial charge in [-0.3, -0.25) is 13.6 Å². The van der Waals surface area contributed by atoms with Gasteiger partial charge >= 0.3 is 7.82 Å². The Bertz CT molecular complexity index is 1900. The lowest BCUT2D eigenvalue weighted by molar-refractivity contribution is -0.0949. The Kier molecular flexibility index (Phi) is 18.2. The van der Waals surface area contributed by atoms with Crippen LogP contribution in [0.1, 0.15) is 116 Å². The molecule has 5 rings (SSSR count). The van der Waals surface area contributed by atoms with Crippen molar-refractivity contribution in [3.8, 4) is 11.6 Å². The standard InChI is InChI=1S/C43H64N5O9P/c1-4-5-6-7-8-9-10-11-12-13-14-15-16-17-18-21-28-53-29-23-30-54-58(51,57-35-27-22-25-33-24-19-20-26-34(33)35)55-31-36-38(49)43(2,50)41(56-36)48-32-45-37-39(48)46-42(44)47-40(37)52-3/h11-12,19-20,22,24-27,32,36,38,41,49-50H,4-10,13-18,21,23,28-31H2,1-3H3,(H2,44,46,47)/t36-,38-,41?,43-,58?/m1/s1. The van der Waals surface area contributed by atoms with Crippen molar-refractivity contribution in [3.05, 3.63) is 60.9 Å². The number of nitrogen functional groups attached to an aromatic ring is 1. The molecule has 4 aromatic rings. The zero-order valence-electron chi connectivity index (χ0n) is 34.5. The number of hydrogen-bond donors (Lipinski definition) is 3. The summed E-state index contributed by atoms with van der Waals surface area (Å²) in [5.74, 6) is 0.384. The number of nitrogens with zero attached hydrogens (tertiary/aromatic N) is 4. The Morgan fingerprint density at radius 3 is 2.29 bits per heavy atom. The van der Waals surface area contributed by atoms with Gasteiger partial charge in [0.15, 0.2) is 17.4 Å². The minimum atomic E-state index is -4.30. The maximum atomic E-state index is 14.3. The molecule has 1 aliphatic heterocycles. The number of phosphoric acid groups is 1. The number of aromatic nitrogens is 4. The number of fused-ring (bicyclic) bond motifs is 2. The molecule has 15 heteroatoms. The van der Waals surface area contributed by atoms with Crippen LogP contribution in [0.15, 0.2) is 60.9 Å². The lowest BCUT2D eigenvalue weighted by Gasteiger charge is -2.27. The number of ether oxygens (including phenoxy) is 3. The third kappa shape index (κ3) is 12.9. The van der Waals surface area contributed by atoms with Crippen molar-refractivity contribution < 1.29 is 42.6 Å². The molecule has 0 radical (unpaired) electrons. The van der Waals surface area contributed by atoms with Crippen LogP contribution in [-0.2, 0) is 23.1 Å². The number of imidazole rings is 1. The molecule has 14 nitrogen and oxygen atoms in total. The van der Waals surface area contributed by atoms with Crippen LogP contribution in [0.25, 0.3) is 21.9 Å². The predicted molar refractivity (Wildman–Crippen MR) is 226 cm³/mol. The van der Waals surface area contributed by atoms with Gasteiger partial charge in [0.25, 0.3) is 0 Å². The quantitative estimate of drug-likeness (QED) is 0.0280. The molecule has 0 amide bonds. The Balaban J connectivity index is 1.06. The smallest absolute Gasteiger partial charge is 0.479 e. The monoisotopic (exact) mass is 825 g/mol. The van der Waals surface area contributed by atoms with Gasteiger partial charge in [0.1, 0.15) is 23.6 Å². The molecule has 1 aliphatic rings. The first-order valence-corrected chi connectivity index (χ1v) is 22.5. The molecule has 2 aromatic heterocycles. The van der Waals surface area contributed by atoms with E-state index in [9.17, 15) is 14.8 Å². The molecule has 1 saturated heterocycles. The maximum Gasteiger partial charge on any atom is 0.530 e. The second kappa shape index (κ2) is 23.2. The third-order valence-electron chi connectivity index (χ3n) is 10.4. The van der Waals surface area contributed by atoms with Gasteiger partial charge in [-0.15, -0.1) is 0 Å². The molecule has 2 unspecified atom stereocenters. The van der Waals surface area contributed by atoms with Gasteiger partial charge in [-0.25, -0.2) is 9.55 Å². The van der Waals surface area contributed by atoms with E-state index in [2.05, 4.69) is 34.0 Å². The van der Waals surface area contributed by atoms with E-state index >= 15 is 0 Å². The Morgan fingerprint density at radius 1 is 0.879 bits per heavy atom. The SMILES string of the molecule is CCCCCCCCC=CCCCCCCCCOCCCOP(=O)(OC[C@H]1OC(n2cnc3c(OC)nc(N)nc32)[C@](C)(O)[C@@H]1O)Oc1cccc2ccccc12. The minimum absolute atomic E-state index is 0.0356. The molecular weight excluding hydrogens is 761 g/mol. The molecule has 0 spiro atoms. The summed E-state index contributed by atoms with van der Waals surface area (Å²) in [5, 5.41) is 24.3. The molecule has 0 aliphatic carbocycles. The lowest BCUT2D eigenvalue weighted by atomic mass is 9.96. The van der Waals surface area contributed by atoms with Gasteiger partial charge < -0.3 is 34.7 Å². The average molecular weight is 826 g/mol. The van der Waals surface area contributed by atoms with Crippen molar-refractivity contribution >= 4 is 35.7 Å². The number of nitrogens with two attached hydrogens (primary N) is 1. The number of phosphoric ester groups is 1. The van der Waals surface area contributed by atoms with E-state index in [1.54, 1.807) is 12.1 Å². The summed E-state index contributed by atoms with van der Waals surface area (Å²) in [7, 11) is -2.88. The topological polar surface area (TPSA) is 183 Å². The molecule has 320 valence electrons. The number of hydrogen-bond acceptors (Lipinski definition) is 13. The van der Waals surface area contributed by atoms with Gasteiger partial charge in [0.2, 0.25) is 11.8 Å². The predicted octanol–water partition coefficient (Wildman–Crippen LogP) is 9.24. The largest absolute Gasteiger partial charge is 0.530 e. The molecule has 3 heterocycles. The summed E-state index contributed by atoms with van der Waals surface area (Å²) in [5.41, 5.74) is 4.56. The van der Waals surface area contributed by atoms with Crippen LogP contribution in [0.4, 0.5) is 5.95 Å². The molecule has 58 heavy (non-hydrogen) atoms. The summed E-state index contributed by atoms with van der Waals surface area (Å²) in [4.78, 5) is 12.6. The highest BCUT2D eigenvalue weighted by Crippen LogP contribution is 2.52. The van der Waals surface area contributed by atoms with Crippen LogP contribution in [0, 0.1) is 0 Å². The third-order valence-corrected chi connectivity index (χ3v) is 11.8. The second-order valence-electron chi connectivity index (χ2n) is 15.2. The number of allylic oxidation sites excluding steroid dienone is 2. The van der Waals surface area contributed by atoms with E-state index in [0.29, 0.717) is 30.9 Å². The summed E-state index contributed by atoms with van der Waals surface area (Å²) in [6.45, 7) is 4.35. The van der Waals surface area contributed by atoms with Crippen molar-refractivity contribution in [1.29, 1.82) is 0 Å². The Hall–Kier alpha value is -3.62. The van der Waals surface area contributed by atoms with Crippen LogP contribution in [0.5, 0.6) is 11.6 Å². The highest BCUT2D eigenvalue weighted by molar-refractivity contribution is 7.49. The summed E-state index contributed by atoms with van der Waals surface area (Å²) in [6.07, 6.45) is 20.3. The first kappa shape index (κ1) is 45.5. The number of aliphatic hydroxyl groups excluding tert-OH is 1. The van der Waals surface area contributed by atoms with E-state index in [0.717, 1.165) is 23.6 Å². The highest BCUT2D eigenvalue weighted by atomic mass is 31.2. The summed E-state index contributed by atoms with van der Waals surface area (Å²) in [6, 6.07) is 12.9. The Labute approximate surface area is 343 Å². The van der Waals surface area contributed by atoms with Crippen LogP contribution in [-0.4, -0.2) is 81.1 Å². The van der Waals surface area contributed by atoms with Crippen molar-refractivity contribution in [3.63, 3.8) is 0 Å². The molecule has 0 bridgehead atoms. The van der Waals surface area contributed by atoms with Crippen molar-refractivity contribution in [2.24, 2.45) is 0 Å². The summed E-state index contributed by atoms with van der Waals surface area (Å²) >= 11 is 0. The van der Waals surface area contributed by atoms with E-state index in [4.69, 9.17) is 33.5 Å². The molecule has 1 fully saturated rings. The first-order chi connectivity index (χ1) is 28.2. The number of benzene rings is 2. The molecule has 4 N–H and O–H groups in total. The normalized spacial score (nSPS) is 20.7. The van der Waals surface area contributed by atoms with Gasteiger partial charge in [0.05, 0.1) is 26.7 Å². The lowest BCUT2D eigenvalue weighted by Crippen LogP contribution is -2.44. The molecular formula is C43H64N5O9P. The maximum absolute atomic E-state index is 14.3. The fraction of sp³-hybridized carbons (Fsp3) is 0.605. The van der Waals surface area contributed by atoms with E-state index in [-0.39, 0.29) is 24.1 Å². The van der Waals surface area contributed by atoms with Crippen molar-refractivity contribution in [1.82, 2.24) is 19.5 Å². The van der Waals surface area contributed by atoms with Crippen molar-refractivity contribution in [2.75, 3.05) is 39.3 Å². The van der Waals surface area contributed by atoms with Crippen LogP contribution in [0.3, 0.4) is 0 Å². The van der Waals surface area contributed by atoms with Gasteiger partial charge in [-0.05, 0) is 56.9 Å². The van der Waals surface area contributed by atoms with Crippen LogP contribution in [0.2, 0.25) is 0 Å². The number of unbranched alkanes of at least 4 members (excludes halogenated alkanes) is 12. The molecule has 2 aromatic carbocycles. The highest BCUT2D eigenvalue weighted by Gasteiger charge is 2.54. The summed E-state index contributed by atoms with van der Waals surface area (Å²) < 4.78 is 50.7. The average Bonchev–Trinajstić information content (AvgIpc) is 3.73. The number of aliphatic hydroxyl groups is 2. The van der Waals surface area contributed by atoms with Gasteiger partial charge in [-0.2, -0.15) is 9.97 Å². The van der Waals surface area contributed by atoms with E-state index in [1.807, 2.05) is 30.3 Å². The van der Waals surface area contributed by atoms with E-state index in [1.165, 1.54) is 102 Å². The zero-order valence-corrected chi connectivity index (χ0v) is 35.4. The second-order valence-corrected chi connectivity index (χ2v) is 16.8. The number of methoxy groups -OCH3 is 1. The Morgan fingerprint density at radius 2 is 1.55 bits per heavy atom. The van der Waals surface area contributed by atoms with Crippen molar-refractivity contribution in [2.45, 2.75) is 134 Å². The van der Waals surface area contributed by atoms with Crippen LogP contribution >= 0.6 is 7.82 Å². The van der Waals surface area contributed by atoms with Gasteiger partial charge in [0, 0.05) is 18.6 Å². The van der Waals surface area contributed by atoms with Crippen LogP contribution < -0.4 is 15.0 Å².